The zero-order valence-corrected chi connectivity index (χ0v) is 7.74. The number of hydrogen-bond acceptors (Lipinski definition) is 1. The van der Waals surface area contributed by atoms with E-state index in [9.17, 15) is 4.79 Å². The van der Waals surface area contributed by atoms with Gasteiger partial charge in [-0.1, -0.05) is 23.2 Å². The minimum atomic E-state index is 0.239. The van der Waals surface area contributed by atoms with E-state index in [1.165, 1.54) is 0 Å². The zero-order valence-electron chi connectivity index (χ0n) is 6.23. The van der Waals surface area contributed by atoms with Crippen LogP contribution in [0.5, 0.6) is 0 Å². The van der Waals surface area contributed by atoms with Crippen molar-refractivity contribution in [3.63, 3.8) is 0 Å². The summed E-state index contributed by atoms with van der Waals surface area (Å²) >= 11 is 11.6. The third-order valence-corrected chi connectivity index (χ3v) is 2.74. The fourth-order valence-electron chi connectivity index (χ4n) is 1.45. The topological polar surface area (TPSA) is 17.1 Å². The molecular weight excluding hydrogens is 195 g/mol. The van der Waals surface area contributed by atoms with Crippen LogP contribution in [-0.4, -0.2) is 5.78 Å². The average molecular weight is 201 g/mol. The van der Waals surface area contributed by atoms with Crippen LogP contribution >= 0.6 is 23.2 Å². The smallest absolute Gasteiger partial charge is 0.141 e. The molecule has 0 unspecified atom stereocenters. The largest absolute Gasteiger partial charge is 0.299 e. The van der Waals surface area contributed by atoms with Gasteiger partial charge in [0.15, 0.2) is 0 Å². The Morgan fingerprint density at radius 1 is 1.00 bits per heavy atom. The molecule has 0 amide bonds. The van der Waals surface area contributed by atoms with Crippen LogP contribution in [0.3, 0.4) is 0 Å². The summed E-state index contributed by atoms with van der Waals surface area (Å²) in [7, 11) is 0. The van der Waals surface area contributed by atoms with E-state index in [0.717, 1.165) is 11.1 Å². The number of fused-ring (bicyclic) bond motifs is 1. The van der Waals surface area contributed by atoms with Crippen LogP contribution in [0, 0.1) is 0 Å². The van der Waals surface area contributed by atoms with Crippen molar-refractivity contribution in [1.29, 1.82) is 0 Å². The van der Waals surface area contributed by atoms with E-state index >= 15 is 0 Å². The van der Waals surface area contributed by atoms with E-state index in [1.807, 2.05) is 0 Å². The summed E-state index contributed by atoms with van der Waals surface area (Å²) in [5.74, 6) is 0.239. The molecule has 3 heteroatoms. The van der Waals surface area contributed by atoms with Crippen molar-refractivity contribution in [2.24, 2.45) is 0 Å². The third kappa shape index (κ3) is 1.23. The fourth-order valence-corrected chi connectivity index (χ4v) is 1.82. The van der Waals surface area contributed by atoms with Crippen molar-refractivity contribution in [3.05, 3.63) is 33.3 Å². The van der Waals surface area contributed by atoms with Crippen LogP contribution in [0.15, 0.2) is 12.1 Å². The highest BCUT2D eigenvalue weighted by atomic mass is 35.5. The lowest BCUT2D eigenvalue weighted by molar-refractivity contribution is -0.117. The summed E-state index contributed by atoms with van der Waals surface area (Å²) in [6, 6.07) is 3.56. The number of carbonyl (C=O) groups is 1. The highest BCUT2D eigenvalue weighted by molar-refractivity contribution is 6.42. The summed E-state index contributed by atoms with van der Waals surface area (Å²) in [5.41, 5.74) is 2.05. The molecule has 0 aliphatic heterocycles. The second-order valence-electron chi connectivity index (χ2n) is 2.93. The maximum atomic E-state index is 11.0. The fraction of sp³-hybridized carbons (Fsp3) is 0.222. The van der Waals surface area contributed by atoms with Gasteiger partial charge in [-0.15, -0.1) is 0 Å². The van der Waals surface area contributed by atoms with Crippen LogP contribution in [0.1, 0.15) is 11.1 Å². The van der Waals surface area contributed by atoms with Crippen LogP contribution in [-0.2, 0) is 17.6 Å². The van der Waals surface area contributed by atoms with Crippen molar-refractivity contribution < 1.29 is 4.79 Å². The normalized spacial score (nSPS) is 15.0. The monoisotopic (exact) mass is 200 g/mol. The highest BCUT2D eigenvalue weighted by Crippen LogP contribution is 2.29. The van der Waals surface area contributed by atoms with Gasteiger partial charge in [0.25, 0.3) is 0 Å². The molecule has 0 fully saturated rings. The molecule has 1 aromatic carbocycles. The number of carbonyl (C=O) groups excluding carboxylic acids is 1. The molecule has 1 nitrogen and oxygen atoms in total. The van der Waals surface area contributed by atoms with Crippen LogP contribution in [0.25, 0.3) is 0 Å². The molecule has 1 aliphatic carbocycles. The van der Waals surface area contributed by atoms with Gasteiger partial charge >= 0.3 is 0 Å². The van der Waals surface area contributed by atoms with E-state index in [0.29, 0.717) is 22.9 Å². The molecule has 0 N–H and O–H groups in total. The molecule has 0 bridgehead atoms. The highest BCUT2D eigenvalue weighted by Gasteiger charge is 2.19. The van der Waals surface area contributed by atoms with Crippen LogP contribution in [0.4, 0.5) is 0 Å². The maximum Gasteiger partial charge on any atom is 0.141 e. The number of rotatable bonds is 0. The van der Waals surface area contributed by atoms with Gasteiger partial charge in [-0.2, -0.15) is 0 Å². The second-order valence-corrected chi connectivity index (χ2v) is 3.74. The molecule has 0 radical (unpaired) electrons. The molecular formula is C9H6Cl2O. The first kappa shape index (κ1) is 8.09. The summed E-state index contributed by atoms with van der Waals surface area (Å²) in [4.78, 5) is 11.0. The molecule has 0 saturated carbocycles. The van der Waals surface area contributed by atoms with Crippen LogP contribution in [0.2, 0.25) is 10.0 Å². The minimum absolute atomic E-state index is 0.239. The summed E-state index contributed by atoms with van der Waals surface area (Å²) in [5, 5.41) is 1.07. The number of hydrogen-bond donors (Lipinski definition) is 0. The minimum Gasteiger partial charge on any atom is -0.299 e. The Balaban J connectivity index is 2.55. The van der Waals surface area contributed by atoms with Crippen molar-refractivity contribution in [3.8, 4) is 0 Å². The predicted octanol–water partition coefficient (Wildman–Crippen LogP) is 2.66. The zero-order chi connectivity index (χ0) is 8.72. The summed E-state index contributed by atoms with van der Waals surface area (Å²) < 4.78 is 0. The van der Waals surface area contributed by atoms with Crippen molar-refractivity contribution in [1.82, 2.24) is 0 Å². The standard InChI is InChI=1S/C9H6Cl2O/c10-8-3-5-1-7(12)2-6(5)4-9(8)11/h3-4H,1-2H2. The lowest BCUT2D eigenvalue weighted by atomic mass is 10.1. The first-order chi connectivity index (χ1) is 5.66. The summed E-state index contributed by atoms with van der Waals surface area (Å²) in [6.45, 7) is 0. The first-order valence-electron chi connectivity index (χ1n) is 3.65. The maximum absolute atomic E-state index is 11.0. The van der Waals surface area contributed by atoms with Crippen molar-refractivity contribution in [2.75, 3.05) is 0 Å². The number of ketones is 1. The van der Waals surface area contributed by atoms with E-state index in [4.69, 9.17) is 23.2 Å². The Bertz CT molecular complexity index is 325. The summed E-state index contributed by atoms with van der Waals surface area (Å²) in [6.07, 6.45) is 1.01. The molecule has 0 spiro atoms. The van der Waals surface area contributed by atoms with Crippen molar-refractivity contribution >= 4 is 29.0 Å². The lowest BCUT2D eigenvalue weighted by Crippen LogP contribution is -1.92. The van der Waals surface area contributed by atoms with E-state index < -0.39 is 0 Å². The van der Waals surface area contributed by atoms with Gasteiger partial charge in [0.2, 0.25) is 0 Å². The number of Topliss-reactive ketones (excluding diaryl/α,β-unsaturated/α-hetero) is 1. The van der Waals surface area contributed by atoms with Gasteiger partial charge in [-0.3, -0.25) is 4.79 Å². The Morgan fingerprint density at radius 3 is 1.83 bits per heavy atom. The SMILES string of the molecule is O=C1Cc2cc(Cl)c(Cl)cc2C1. The molecule has 62 valence electrons. The molecule has 0 heterocycles. The Labute approximate surface area is 80.3 Å². The molecule has 0 atom stereocenters. The Kier molecular flexibility index (Phi) is 1.85. The lowest BCUT2D eigenvalue weighted by Gasteiger charge is -1.99. The third-order valence-electron chi connectivity index (χ3n) is 2.02. The van der Waals surface area contributed by atoms with Crippen molar-refractivity contribution in [2.45, 2.75) is 12.8 Å². The first-order valence-corrected chi connectivity index (χ1v) is 4.41. The molecule has 1 aromatic rings. The van der Waals surface area contributed by atoms with Gasteiger partial charge in [-0.25, -0.2) is 0 Å². The Morgan fingerprint density at radius 2 is 1.42 bits per heavy atom. The second kappa shape index (κ2) is 2.75. The molecule has 0 saturated heterocycles. The molecule has 2 rings (SSSR count). The number of halogens is 2. The van der Waals surface area contributed by atoms with E-state index in [1.54, 1.807) is 12.1 Å². The molecule has 12 heavy (non-hydrogen) atoms. The predicted molar refractivity (Wildman–Crippen MR) is 48.9 cm³/mol. The van der Waals surface area contributed by atoms with Gasteiger partial charge in [0.1, 0.15) is 5.78 Å². The van der Waals surface area contributed by atoms with E-state index in [2.05, 4.69) is 0 Å². The van der Waals surface area contributed by atoms with Crippen LogP contribution < -0.4 is 0 Å². The average Bonchev–Trinajstić information content (AvgIpc) is 2.30. The molecule has 1 aliphatic rings. The van der Waals surface area contributed by atoms with E-state index in [-0.39, 0.29) is 5.78 Å². The van der Waals surface area contributed by atoms with Gasteiger partial charge in [0.05, 0.1) is 10.0 Å². The molecule has 0 aromatic heterocycles. The number of benzene rings is 1. The van der Waals surface area contributed by atoms with Gasteiger partial charge in [0, 0.05) is 12.8 Å². The quantitative estimate of drug-likeness (QED) is 0.630. The Hall–Kier alpha value is -0.530. The van der Waals surface area contributed by atoms with Gasteiger partial charge in [-0.05, 0) is 23.3 Å². The van der Waals surface area contributed by atoms with Gasteiger partial charge < -0.3 is 0 Å².